The second-order valence-electron chi connectivity index (χ2n) is 7.10. The fourth-order valence-corrected chi connectivity index (χ4v) is 3.87. The van der Waals surface area contributed by atoms with Crippen molar-refractivity contribution >= 4 is 5.65 Å². The van der Waals surface area contributed by atoms with Crippen molar-refractivity contribution in [2.24, 2.45) is 0 Å². The van der Waals surface area contributed by atoms with Gasteiger partial charge in [-0.1, -0.05) is 24.6 Å². The van der Waals surface area contributed by atoms with Gasteiger partial charge in [-0.05, 0) is 49.2 Å². The fraction of sp³-hybridized carbons (Fsp3) is 0.400. The summed E-state index contributed by atoms with van der Waals surface area (Å²) in [5.41, 5.74) is 0.675. The molecule has 1 aliphatic rings. The van der Waals surface area contributed by atoms with Crippen LogP contribution in [0.25, 0.3) is 5.65 Å². The number of likely N-dealkylation sites (tertiary alicyclic amines) is 1. The van der Waals surface area contributed by atoms with Crippen LogP contribution in [0.15, 0.2) is 53.5 Å². The third kappa shape index (κ3) is 3.69. The summed E-state index contributed by atoms with van der Waals surface area (Å²) in [5.74, 6) is 0. The maximum atomic E-state index is 12.8. The highest BCUT2D eigenvalue weighted by Gasteiger charge is 2.31. The lowest BCUT2D eigenvalue weighted by molar-refractivity contribution is -0.137. The molecule has 148 valence electrons. The standard InChI is InChI=1S/C20H21F3N4O/c21-20(22,23)16-9-7-15(8-10-16)17-5-1-3-11-25(17)13-14-27-19(28)26-12-4-2-6-18(26)24-27/h2,4,6-10,12,17H,1,3,5,11,13-14H2. The van der Waals surface area contributed by atoms with Crippen molar-refractivity contribution in [1.82, 2.24) is 19.1 Å². The predicted octanol–water partition coefficient (Wildman–Crippen LogP) is 3.74. The predicted molar refractivity (Wildman–Crippen MR) is 99.1 cm³/mol. The van der Waals surface area contributed by atoms with Crippen LogP contribution in [0.5, 0.6) is 0 Å². The molecule has 1 atom stereocenters. The van der Waals surface area contributed by atoms with Crippen molar-refractivity contribution < 1.29 is 13.2 Å². The van der Waals surface area contributed by atoms with Gasteiger partial charge in [0.25, 0.3) is 0 Å². The molecule has 3 aromatic rings. The molecule has 0 radical (unpaired) electrons. The van der Waals surface area contributed by atoms with Crippen molar-refractivity contribution in [3.63, 3.8) is 0 Å². The first-order valence-electron chi connectivity index (χ1n) is 9.39. The van der Waals surface area contributed by atoms with Gasteiger partial charge in [-0.15, -0.1) is 5.10 Å². The Bertz CT molecular complexity index is 1010. The maximum Gasteiger partial charge on any atom is 0.416 e. The molecule has 2 aromatic heterocycles. The van der Waals surface area contributed by atoms with E-state index in [0.29, 0.717) is 18.7 Å². The van der Waals surface area contributed by atoms with Crippen LogP contribution < -0.4 is 5.69 Å². The van der Waals surface area contributed by atoms with Crippen LogP contribution in [0.1, 0.15) is 36.4 Å². The number of halogens is 3. The number of pyridine rings is 1. The van der Waals surface area contributed by atoms with Gasteiger partial charge in [0, 0.05) is 18.8 Å². The number of piperidine rings is 1. The smallest absolute Gasteiger partial charge is 0.294 e. The van der Waals surface area contributed by atoms with Gasteiger partial charge in [0.15, 0.2) is 5.65 Å². The number of hydrogen-bond acceptors (Lipinski definition) is 3. The Morgan fingerprint density at radius 2 is 1.82 bits per heavy atom. The van der Waals surface area contributed by atoms with Crippen LogP contribution in [0.4, 0.5) is 13.2 Å². The first kappa shape index (κ1) is 18.7. The largest absolute Gasteiger partial charge is 0.416 e. The van der Waals surface area contributed by atoms with E-state index in [2.05, 4.69) is 10.00 Å². The Morgan fingerprint density at radius 3 is 2.54 bits per heavy atom. The number of hydrogen-bond donors (Lipinski definition) is 0. The molecular formula is C20H21F3N4O. The van der Waals surface area contributed by atoms with E-state index in [1.807, 2.05) is 6.07 Å². The van der Waals surface area contributed by atoms with Crippen molar-refractivity contribution in [2.75, 3.05) is 13.1 Å². The minimum absolute atomic E-state index is 0.0590. The third-order valence-corrected chi connectivity index (χ3v) is 5.32. The van der Waals surface area contributed by atoms with Gasteiger partial charge in [-0.25, -0.2) is 9.48 Å². The monoisotopic (exact) mass is 390 g/mol. The number of alkyl halides is 3. The summed E-state index contributed by atoms with van der Waals surface area (Å²) in [6, 6.07) is 10.9. The molecule has 28 heavy (non-hydrogen) atoms. The number of benzene rings is 1. The Morgan fingerprint density at radius 1 is 1.04 bits per heavy atom. The lowest BCUT2D eigenvalue weighted by Crippen LogP contribution is -2.37. The Labute approximate surface area is 160 Å². The molecular weight excluding hydrogens is 369 g/mol. The molecule has 8 heteroatoms. The van der Waals surface area contributed by atoms with Crippen LogP contribution in [-0.4, -0.2) is 32.2 Å². The summed E-state index contributed by atoms with van der Waals surface area (Å²) in [4.78, 5) is 14.7. The SMILES string of the molecule is O=c1n(CCN2CCCCC2c2ccc(C(F)(F)F)cc2)nc2ccccn12. The van der Waals surface area contributed by atoms with Gasteiger partial charge in [-0.2, -0.15) is 13.2 Å². The van der Waals surface area contributed by atoms with Crippen LogP contribution >= 0.6 is 0 Å². The zero-order valence-corrected chi connectivity index (χ0v) is 15.3. The van der Waals surface area contributed by atoms with Gasteiger partial charge in [-0.3, -0.25) is 9.30 Å². The van der Waals surface area contributed by atoms with Gasteiger partial charge < -0.3 is 0 Å². The second-order valence-corrected chi connectivity index (χ2v) is 7.10. The molecule has 1 aliphatic heterocycles. The van der Waals surface area contributed by atoms with Gasteiger partial charge in [0.05, 0.1) is 12.1 Å². The van der Waals surface area contributed by atoms with Crippen LogP contribution in [0, 0.1) is 0 Å². The van der Waals surface area contributed by atoms with Crippen molar-refractivity contribution in [3.05, 3.63) is 70.3 Å². The topological polar surface area (TPSA) is 42.5 Å². The van der Waals surface area contributed by atoms with E-state index in [-0.39, 0.29) is 11.7 Å². The Balaban J connectivity index is 1.51. The molecule has 0 bridgehead atoms. The molecule has 0 saturated carbocycles. The highest BCUT2D eigenvalue weighted by atomic mass is 19.4. The van der Waals surface area contributed by atoms with E-state index in [4.69, 9.17) is 0 Å². The van der Waals surface area contributed by atoms with E-state index in [0.717, 1.165) is 43.5 Å². The molecule has 3 heterocycles. The van der Waals surface area contributed by atoms with Crippen LogP contribution in [0.3, 0.4) is 0 Å². The summed E-state index contributed by atoms with van der Waals surface area (Å²) >= 11 is 0. The molecule has 0 N–H and O–H groups in total. The highest BCUT2D eigenvalue weighted by molar-refractivity contribution is 5.35. The van der Waals surface area contributed by atoms with Crippen molar-refractivity contribution in [1.29, 1.82) is 0 Å². The van der Waals surface area contributed by atoms with Gasteiger partial charge in [0.1, 0.15) is 0 Å². The highest BCUT2D eigenvalue weighted by Crippen LogP contribution is 2.34. The summed E-state index contributed by atoms with van der Waals surface area (Å²) in [5, 5.41) is 4.35. The van der Waals surface area contributed by atoms with Gasteiger partial charge >= 0.3 is 11.9 Å². The summed E-state index contributed by atoms with van der Waals surface area (Å²) in [6.45, 7) is 1.92. The second kappa shape index (κ2) is 7.43. The number of aromatic nitrogens is 3. The first-order valence-corrected chi connectivity index (χ1v) is 9.39. The molecule has 1 saturated heterocycles. The van der Waals surface area contributed by atoms with E-state index < -0.39 is 11.7 Å². The maximum absolute atomic E-state index is 12.8. The molecule has 4 rings (SSSR count). The zero-order chi connectivity index (χ0) is 19.7. The number of nitrogens with zero attached hydrogens (tertiary/aromatic N) is 4. The van der Waals surface area contributed by atoms with E-state index in [9.17, 15) is 18.0 Å². The molecule has 1 aromatic carbocycles. The number of rotatable bonds is 4. The number of fused-ring (bicyclic) bond motifs is 1. The summed E-state index contributed by atoms with van der Waals surface area (Å²) in [6.07, 6.45) is 0.335. The van der Waals surface area contributed by atoms with Crippen LogP contribution in [0.2, 0.25) is 0 Å². The molecule has 5 nitrogen and oxygen atoms in total. The Kier molecular flexibility index (Phi) is 4.97. The molecule has 0 aliphatic carbocycles. The Hall–Kier alpha value is -2.61. The molecule has 0 spiro atoms. The first-order chi connectivity index (χ1) is 13.4. The third-order valence-electron chi connectivity index (χ3n) is 5.32. The molecule has 1 unspecified atom stereocenters. The molecule has 1 fully saturated rings. The minimum Gasteiger partial charge on any atom is -0.294 e. The molecule has 0 amide bonds. The normalized spacial score (nSPS) is 18.6. The van der Waals surface area contributed by atoms with E-state index in [1.54, 1.807) is 30.5 Å². The van der Waals surface area contributed by atoms with Crippen molar-refractivity contribution in [3.8, 4) is 0 Å². The van der Waals surface area contributed by atoms with Gasteiger partial charge in [0.2, 0.25) is 0 Å². The van der Waals surface area contributed by atoms with Crippen molar-refractivity contribution in [2.45, 2.75) is 38.0 Å². The van der Waals surface area contributed by atoms with Crippen LogP contribution in [-0.2, 0) is 12.7 Å². The average Bonchev–Trinajstić information content (AvgIpc) is 3.02. The lowest BCUT2D eigenvalue weighted by atomic mass is 9.94. The zero-order valence-electron chi connectivity index (χ0n) is 15.3. The minimum atomic E-state index is -4.32. The average molecular weight is 390 g/mol. The quantitative estimate of drug-likeness (QED) is 0.682. The van der Waals surface area contributed by atoms with E-state index in [1.165, 1.54) is 9.08 Å². The summed E-state index contributed by atoms with van der Waals surface area (Å²) < 4.78 is 41.4. The summed E-state index contributed by atoms with van der Waals surface area (Å²) in [7, 11) is 0. The fourth-order valence-electron chi connectivity index (χ4n) is 3.87. The van der Waals surface area contributed by atoms with E-state index >= 15 is 0 Å². The lowest BCUT2D eigenvalue weighted by Gasteiger charge is -2.36.